The SMILES string of the molecule is CSCCCN(C)C[C@@H]1C[C@H](F)CN1Cc1cc(C)no1. The molecule has 0 saturated carbocycles. The molecule has 2 heterocycles. The predicted octanol–water partition coefficient (Wildman–Crippen LogP) is 2.58. The Morgan fingerprint density at radius 3 is 3.05 bits per heavy atom. The van der Waals surface area contributed by atoms with Gasteiger partial charge in [-0.05, 0) is 45.4 Å². The second-order valence-electron chi connectivity index (χ2n) is 5.96. The minimum absolute atomic E-state index is 0.268. The zero-order valence-electron chi connectivity index (χ0n) is 13.2. The molecule has 4 nitrogen and oxygen atoms in total. The van der Waals surface area contributed by atoms with E-state index in [0.717, 1.165) is 24.5 Å². The quantitative estimate of drug-likeness (QED) is 0.689. The van der Waals surface area contributed by atoms with Crippen molar-refractivity contribution < 1.29 is 8.91 Å². The molecule has 2 atom stereocenters. The topological polar surface area (TPSA) is 32.5 Å². The summed E-state index contributed by atoms with van der Waals surface area (Å²) < 4.78 is 19.0. The first kappa shape index (κ1) is 16.8. The van der Waals surface area contributed by atoms with Gasteiger partial charge in [0, 0.05) is 25.2 Å². The van der Waals surface area contributed by atoms with Gasteiger partial charge in [-0.1, -0.05) is 5.16 Å². The first-order valence-corrected chi connectivity index (χ1v) is 8.95. The fourth-order valence-corrected chi connectivity index (χ4v) is 3.34. The van der Waals surface area contributed by atoms with Gasteiger partial charge in [0.25, 0.3) is 0 Å². The van der Waals surface area contributed by atoms with Crippen molar-refractivity contribution in [2.45, 2.75) is 38.5 Å². The lowest BCUT2D eigenvalue weighted by atomic mass is 10.2. The van der Waals surface area contributed by atoms with Crippen LogP contribution in [-0.4, -0.2) is 65.9 Å². The van der Waals surface area contributed by atoms with Crippen LogP contribution in [0.1, 0.15) is 24.3 Å². The third-order valence-corrected chi connectivity index (χ3v) is 4.62. The van der Waals surface area contributed by atoms with Crippen LogP contribution in [0.25, 0.3) is 0 Å². The number of thioether (sulfide) groups is 1. The number of likely N-dealkylation sites (N-methyl/N-ethyl adjacent to an activating group) is 1. The van der Waals surface area contributed by atoms with Gasteiger partial charge >= 0.3 is 0 Å². The lowest BCUT2D eigenvalue weighted by molar-refractivity contribution is 0.169. The highest BCUT2D eigenvalue weighted by atomic mass is 32.2. The van der Waals surface area contributed by atoms with Gasteiger partial charge in [-0.3, -0.25) is 4.90 Å². The number of aryl methyl sites for hydroxylation is 1. The summed E-state index contributed by atoms with van der Waals surface area (Å²) in [5, 5.41) is 3.91. The Morgan fingerprint density at radius 2 is 2.38 bits per heavy atom. The Balaban J connectivity index is 1.84. The van der Waals surface area contributed by atoms with Crippen molar-refractivity contribution in [3.05, 3.63) is 17.5 Å². The van der Waals surface area contributed by atoms with Crippen LogP contribution in [0.2, 0.25) is 0 Å². The normalized spacial score (nSPS) is 23.3. The number of likely N-dealkylation sites (tertiary alicyclic amines) is 1. The first-order chi connectivity index (χ1) is 10.1. The lowest BCUT2D eigenvalue weighted by Gasteiger charge is -2.27. The number of alkyl halides is 1. The molecular weight excluding hydrogens is 289 g/mol. The van der Waals surface area contributed by atoms with Crippen molar-refractivity contribution in [1.82, 2.24) is 15.0 Å². The Morgan fingerprint density at radius 1 is 1.57 bits per heavy atom. The van der Waals surface area contributed by atoms with E-state index in [1.807, 2.05) is 24.8 Å². The maximum Gasteiger partial charge on any atom is 0.150 e. The van der Waals surface area contributed by atoms with Crippen molar-refractivity contribution in [1.29, 1.82) is 0 Å². The lowest BCUT2D eigenvalue weighted by Crippen LogP contribution is -2.38. The van der Waals surface area contributed by atoms with Crippen molar-refractivity contribution in [2.24, 2.45) is 0 Å². The summed E-state index contributed by atoms with van der Waals surface area (Å²) in [6.07, 6.45) is 3.22. The van der Waals surface area contributed by atoms with E-state index in [1.165, 1.54) is 12.2 Å². The van der Waals surface area contributed by atoms with E-state index in [4.69, 9.17) is 4.52 Å². The van der Waals surface area contributed by atoms with E-state index in [2.05, 4.69) is 28.3 Å². The molecule has 120 valence electrons. The number of aromatic nitrogens is 1. The minimum atomic E-state index is -0.724. The van der Waals surface area contributed by atoms with Crippen molar-refractivity contribution >= 4 is 11.8 Å². The van der Waals surface area contributed by atoms with E-state index >= 15 is 0 Å². The molecule has 0 bridgehead atoms. The second-order valence-corrected chi connectivity index (χ2v) is 6.95. The molecule has 1 aliphatic rings. The average Bonchev–Trinajstić information content (AvgIpc) is 2.97. The molecule has 0 N–H and O–H groups in total. The van der Waals surface area contributed by atoms with Crippen LogP contribution < -0.4 is 0 Å². The summed E-state index contributed by atoms with van der Waals surface area (Å²) in [6, 6.07) is 2.20. The highest BCUT2D eigenvalue weighted by molar-refractivity contribution is 7.98. The molecule has 2 rings (SSSR count). The van der Waals surface area contributed by atoms with Crippen LogP contribution in [-0.2, 0) is 6.54 Å². The molecule has 0 aromatic carbocycles. The molecule has 21 heavy (non-hydrogen) atoms. The van der Waals surface area contributed by atoms with Crippen LogP contribution in [0.4, 0.5) is 4.39 Å². The van der Waals surface area contributed by atoms with Crippen LogP contribution >= 0.6 is 11.8 Å². The van der Waals surface area contributed by atoms with Gasteiger partial charge in [-0.15, -0.1) is 0 Å². The molecule has 1 aromatic rings. The second kappa shape index (κ2) is 8.15. The fraction of sp³-hybridized carbons (Fsp3) is 0.800. The molecule has 6 heteroatoms. The molecule has 1 fully saturated rings. The monoisotopic (exact) mass is 315 g/mol. The smallest absolute Gasteiger partial charge is 0.150 e. The number of hydrogen-bond donors (Lipinski definition) is 0. The van der Waals surface area contributed by atoms with Gasteiger partial charge in [0.1, 0.15) is 6.17 Å². The first-order valence-electron chi connectivity index (χ1n) is 7.56. The summed E-state index contributed by atoms with van der Waals surface area (Å²) in [5.41, 5.74) is 0.881. The molecule has 1 saturated heterocycles. The van der Waals surface area contributed by atoms with Gasteiger partial charge in [0.2, 0.25) is 0 Å². The third-order valence-electron chi connectivity index (χ3n) is 3.92. The summed E-state index contributed by atoms with van der Waals surface area (Å²) >= 11 is 1.87. The fourth-order valence-electron chi connectivity index (χ4n) is 2.93. The number of rotatable bonds is 8. The van der Waals surface area contributed by atoms with E-state index in [9.17, 15) is 4.39 Å². The zero-order chi connectivity index (χ0) is 15.2. The van der Waals surface area contributed by atoms with Crippen LogP contribution in [0.5, 0.6) is 0 Å². The molecule has 1 aliphatic heterocycles. The molecule has 1 aromatic heterocycles. The van der Waals surface area contributed by atoms with Crippen LogP contribution in [0.3, 0.4) is 0 Å². The Hall–Kier alpha value is -0.590. The predicted molar refractivity (Wildman–Crippen MR) is 85.4 cm³/mol. The van der Waals surface area contributed by atoms with Gasteiger partial charge < -0.3 is 9.42 Å². The van der Waals surface area contributed by atoms with E-state index < -0.39 is 6.17 Å². The summed E-state index contributed by atoms with van der Waals surface area (Å²) in [6.45, 7) is 5.06. The molecule has 0 aliphatic carbocycles. The summed E-state index contributed by atoms with van der Waals surface area (Å²) in [5.74, 6) is 2.01. The maximum atomic E-state index is 13.8. The maximum absolute atomic E-state index is 13.8. The van der Waals surface area contributed by atoms with Gasteiger partial charge in [0.05, 0.1) is 12.2 Å². The highest BCUT2D eigenvalue weighted by Gasteiger charge is 2.33. The number of halogens is 1. The number of hydrogen-bond acceptors (Lipinski definition) is 5. The zero-order valence-corrected chi connectivity index (χ0v) is 14.0. The Kier molecular flexibility index (Phi) is 6.51. The number of nitrogens with zero attached hydrogens (tertiary/aromatic N) is 3. The van der Waals surface area contributed by atoms with Gasteiger partial charge in [-0.2, -0.15) is 11.8 Å². The third kappa shape index (κ3) is 5.27. The van der Waals surface area contributed by atoms with Crippen molar-refractivity contribution in [3.63, 3.8) is 0 Å². The Labute approximate surface area is 131 Å². The average molecular weight is 315 g/mol. The van der Waals surface area contributed by atoms with Gasteiger partial charge in [0.15, 0.2) is 5.76 Å². The van der Waals surface area contributed by atoms with Crippen molar-refractivity contribution in [3.8, 4) is 0 Å². The molecule has 0 radical (unpaired) electrons. The molecule has 0 unspecified atom stereocenters. The van der Waals surface area contributed by atoms with E-state index in [0.29, 0.717) is 19.5 Å². The molecule has 0 amide bonds. The van der Waals surface area contributed by atoms with Crippen molar-refractivity contribution in [2.75, 3.05) is 38.7 Å². The highest BCUT2D eigenvalue weighted by Crippen LogP contribution is 2.23. The van der Waals surface area contributed by atoms with E-state index in [-0.39, 0.29) is 6.04 Å². The van der Waals surface area contributed by atoms with Gasteiger partial charge in [-0.25, -0.2) is 4.39 Å². The summed E-state index contributed by atoms with van der Waals surface area (Å²) in [7, 11) is 2.13. The molecule has 0 spiro atoms. The molecular formula is C15H26FN3OS. The Bertz CT molecular complexity index is 429. The largest absolute Gasteiger partial charge is 0.360 e. The summed E-state index contributed by atoms with van der Waals surface area (Å²) in [4.78, 5) is 4.51. The van der Waals surface area contributed by atoms with Crippen LogP contribution in [0.15, 0.2) is 10.6 Å². The van der Waals surface area contributed by atoms with Crippen LogP contribution in [0, 0.1) is 6.92 Å². The minimum Gasteiger partial charge on any atom is -0.360 e. The van der Waals surface area contributed by atoms with E-state index in [1.54, 1.807) is 0 Å². The standard InChI is InChI=1S/C15H26FN3OS/c1-12-7-15(20-17-12)11-19-9-13(16)8-14(19)10-18(2)5-4-6-21-3/h7,13-14H,4-6,8-11H2,1-3H3/t13-,14-/m0/s1.